The van der Waals surface area contributed by atoms with E-state index in [1.54, 1.807) is 6.20 Å². The van der Waals surface area contributed by atoms with Crippen LogP contribution in [0.25, 0.3) is 0 Å². The van der Waals surface area contributed by atoms with E-state index in [2.05, 4.69) is 15.2 Å². The first-order valence-electron chi connectivity index (χ1n) is 7.93. The minimum atomic E-state index is 0.150. The molecular weight excluding hydrogens is 266 g/mol. The number of hydrogen-bond donors (Lipinski definition) is 1. The summed E-state index contributed by atoms with van der Waals surface area (Å²) < 4.78 is 5.38. The van der Waals surface area contributed by atoms with E-state index in [1.807, 2.05) is 12.1 Å². The highest BCUT2D eigenvalue weighted by Gasteiger charge is 2.23. The van der Waals surface area contributed by atoms with Gasteiger partial charge < -0.3 is 15.0 Å². The Morgan fingerprint density at radius 2 is 2.00 bits per heavy atom. The zero-order chi connectivity index (χ0) is 14.5. The normalized spacial score (nSPS) is 20.3. The third-order valence-electron chi connectivity index (χ3n) is 4.33. The Kier molecular flexibility index (Phi) is 4.70. The molecule has 1 aliphatic heterocycles. The summed E-state index contributed by atoms with van der Waals surface area (Å²) in [4.78, 5) is 19.1. The molecule has 5 nitrogen and oxygen atoms in total. The molecule has 1 amide bonds. The van der Waals surface area contributed by atoms with Crippen LogP contribution in [0.2, 0.25) is 0 Å². The molecular formula is C16H23N3O2. The van der Waals surface area contributed by atoms with Gasteiger partial charge in [0.15, 0.2) is 5.82 Å². The summed E-state index contributed by atoms with van der Waals surface area (Å²) in [6.45, 7) is 3.08. The lowest BCUT2D eigenvalue weighted by atomic mass is 9.88. The van der Waals surface area contributed by atoms with Crippen molar-refractivity contribution in [1.82, 2.24) is 4.98 Å². The summed E-state index contributed by atoms with van der Waals surface area (Å²) >= 11 is 0. The first-order chi connectivity index (χ1) is 10.3. The van der Waals surface area contributed by atoms with E-state index < -0.39 is 0 Å². The van der Waals surface area contributed by atoms with Gasteiger partial charge in [0.2, 0.25) is 5.91 Å². The first kappa shape index (κ1) is 14.3. The number of nitrogens with zero attached hydrogens (tertiary/aromatic N) is 2. The number of aromatic nitrogens is 1. The van der Waals surface area contributed by atoms with Crippen LogP contribution >= 0.6 is 0 Å². The molecule has 0 atom stereocenters. The van der Waals surface area contributed by atoms with Gasteiger partial charge in [-0.1, -0.05) is 19.3 Å². The quantitative estimate of drug-likeness (QED) is 0.928. The number of nitrogens with one attached hydrogen (secondary N) is 1. The van der Waals surface area contributed by atoms with Crippen molar-refractivity contribution in [2.45, 2.75) is 32.1 Å². The Bertz CT molecular complexity index is 480. The maximum Gasteiger partial charge on any atom is 0.227 e. The molecule has 0 aromatic carbocycles. The second kappa shape index (κ2) is 6.89. The van der Waals surface area contributed by atoms with Crippen LogP contribution < -0.4 is 10.2 Å². The lowest BCUT2D eigenvalue weighted by Gasteiger charge is -2.29. The zero-order valence-corrected chi connectivity index (χ0v) is 12.4. The molecule has 0 bridgehead atoms. The van der Waals surface area contributed by atoms with Crippen molar-refractivity contribution in [3.05, 3.63) is 18.3 Å². The van der Waals surface area contributed by atoms with Crippen LogP contribution in [0.1, 0.15) is 32.1 Å². The van der Waals surface area contributed by atoms with Gasteiger partial charge in [0, 0.05) is 25.2 Å². The SMILES string of the molecule is O=C(Nc1cccnc1N1CCOCC1)C1CCCCC1. The van der Waals surface area contributed by atoms with Gasteiger partial charge in [-0.2, -0.15) is 0 Å². The van der Waals surface area contributed by atoms with Gasteiger partial charge >= 0.3 is 0 Å². The zero-order valence-electron chi connectivity index (χ0n) is 12.4. The maximum absolute atomic E-state index is 12.4. The van der Waals surface area contributed by atoms with E-state index in [-0.39, 0.29) is 11.8 Å². The molecule has 0 spiro atoms. The molecule has 3 rings (SSSR count). The summed E-state index contributed by atoms with van der Waals surface area (Å²) in [6, 6.07) is 3.82. The van der Waals surface area contributed by atoms with E-state index in [4.69, 9.17) is 4.74 Å². The molecule has 1 saturated carbocycles. The number of rotatable bonds is 3. The Balaban J connectivity index is 1.70. The number of ether oxygens (including phenoxy) is 1. The Morgan fingerprint density at radius 3 is 2.76 bits per heavy atom. The summed E-state index contributed by atoms with van der Waals surface area (Å²) in [7, 11) is 0. The topological polar surface area (TPSA) is 54.5 Å². The summed E-state index contributed by atoms with van der Waals surface area (Å²) in [5.41, 5.74) is 0.829. The van der Waals surface area contributed by atoms with Crippen LogP contribution in [0.15, 0.2) is 18.3 Å². The fourth-order valence-electron chi connectivity index (χ4n) is 3.12. The smallest absolute Gasteiger partial charge is 0.227 e. The molecule has 1 aliphatic carbocycles. The van der Waals surface area contributed by atoms with Gasteiger partial charge in [0.05, 0.1) is 18.9 Å². The summed E-state index contributed by atoms with van der Waals surface area (Å²) in [5.74, 6) is 1.18. The Morgan fingerprint density at radius 1 is 1.24 bits per heavy atom. The number of morpholine rings is 1. The van der Waals surface area contributed by atoms with Gasteiger partial charge in [-0.05, 0) is 25.0 Å². The molecule has 1 aromatic heterocycles. The predicted octanol–water partition coefficient (Wildman–Crippen LogP) is 2.44. The van der Waals surface area contributed by atoms with E-state index in [9.17, 15) is 4.79 Å². The largest absolute Gasteiger partial charge is 0.378 e. The van der Waals surface area contributed by atoms with Crippen molar-refractivity contribution in [3.63, 3.8) is 0 Å². The standard InChI is InChI=1S/C16H23N3O2/c20-16(13-5-2-1-3-6-13)18-14-7-4-8-17-15(14)19-9-11-21-12-10-19/h4,7-8,13H,1-3,5-6,9-12H2,(H,18,20). The van der Waals surface area contributed by atoms with Crippen LogP contribution in [0.3, 0.4) is 0 Å². The van der Waals surface area contributed by atoms with Crippen LogP contribution in [-0.2, 0) is 9.53 Å². The second-order valence-corrected chi connectivity index (χ2v) is 5.80. The van der Waals surface area contributed by atoms with E-state index >= 15 is 0 Å². The Hall–Kier alpha value is -1.62. The van der Waals surface area contributed by atoms with Crippen molar-refractivity contribution >= 4 is 17.4 Å². The van der Waals surface area contributed by atoms with E-state index in [0.29, 0.717) is 13.2 Å². The molecule has 0 radical (unpaired) electrons. The average molecular weight is 289 g/mol. The maximum atomic E-state index is 12.4. The molecule has 114 valence electrons. The van der Waals surface area contributed by atoms with Gasteiger partial charge in [0.25, 0.3) is 0 Å². The lowest BCUT2D eigenvalue weighted by molar-refractivity contribution is -0.120. The number of carbonyl (C=O) groups is 1. The molecule has 5 heteroatoms. The van der Waals surface area contributed by atoms with Gasteiger partial charge in [-0.25, -0.2) is 4.98 Å². The van der Waals surface area contributed by atoms with Gasteiger partial charge in [-0.15, -0.1) is 0 Å². The number of hydrogen-bond acceptors (Lipinski definition) is 4. The number of pyridine rings is 1. The summed E-state index contributed by atoms with van der Waals surface area (Å²) in [6.07, 6.45) is 7.40. The molecule has 0 unspecified atom stereocenters. The number of amides is 1. The molecule has 2 heterocycles. The van der Waals surface area contributed by atoms with Crippen LogP contribution in [0.5, 0.6) is 0 Å². The van der Waals surface area contributed by atoms with Crippen LogP contribution in [0.4, 0.5) is 11.5 Å². The van der Waals surface area contributed by atoms with E-state index in [0.717, 1.165) is 37.4 Å². The summed E-state index contributed by atoms with van der Waals surface area (Å²) in [5, 5.41) is 3.09. The third kappa shape index (κ3) is 3.53. The molecule has 2 aliphatic rings. The highest BCUT2D eigenvalue weighted by Crippen LogP contribution is 2.28. The monoisotopic (exact) mass is 289 g/mol. The van der Waals surface area contributed by atoms with Crippen molar-refractivity contribution < 1.29 is 9.53 Å². The highest BCUT2D eigenvalue weighted by atomic mass is 16.5. The first-order valence-corrected chi connectivity index (χ1v) is 7.93. The molecule has 1 aromatic rings. The van der Waals surface area contributed by atoms with Crippen molar-refractivity contribution in [3.8, 4) is 0 Å². The Labute approximate surface area is 125 Å². The molecule has 21 heavy (non-hydrogen) atoms. The second-order valence-electron chi connectivity index (χ2n) is 5.80. The van der Waals surface area contributed by atoms with Crippen LogP contribution in [0, 0.1) is 5.92 Å². The van der Waals surface area contributed by atoms with Crippen molar-refractivity contribution in [1.29, 1.82) is 0 Å². The fourth-order valence-corrected chi connectivity index (χ4v) is 3.12. The third-order valence-corrected chi connectivity index (χ3v) is 4.33. The average Bonchev–Trinajstić information content (AvgIpc) is 2.57. The number of carbonyl (C=O) groups excluding carboxylic acids is 1. The fraction of sp³-hybridized carbons (Fsp3) is 0.625. The minimum Gasteiger partial charge on any atom is -0.378 e. The van der Waals surface area contributed by atoms with Gasteiger partial charge in [0.1, 0.15) is 0 Å². The predicted molar refractivity (Wildman–Crippen MR) is 82.5 cm³/mol. The minimum absolute atomic E-state index is 0.150. The van der Waals surface area contributed by atoms with E-state index in [1.165, 1.54) is 19.3 Å². The van der Waals surface area contributed by atoms with Crippen molar-refractivity contribution in [2.24, 2.45) is 5.92 Å². The van der Waals surface area contributed by atoms with Crippen LogP contribution in [-0.4, -0.2) is 37.2 Å². The lowest BCUT2D eigenvalue weighted by Crippen LogP contribution is -2.37. The highest BCUT2D eigenvalue weighted by molar-refractivity contribution is 5.95. The molecule has 2 fully saturated rings. The molecule has 1 N–H and O–H groups in total. The van der Waals surface area contributed by atoms with Gasteiger partial charge in [-0.3, -0.25) is 4.79 Å². The molecule has 1 saturated heterocycles. The van der Waals surface area contributed by atoms with Crippen molar-refractivity contribution in [2.75, 3.05) is 36.5 Å². The number of anilines is 2.